The van der Waals surface area contributed by atoms with Gasteiger partial charge in [0.05, 0.1) is 11.7 Å². The third kappa shape index (κ3) is 3.81. The number of nitrogens with one attached hydrogen (secondary N) is 3. The van der Waals surface area contributed by atoms with E-state index in [2.05, 4.69) is 20.6 Å². The van der Waals surface area contributed by atoms with Crippen molar-refractivity contribution in [2.75, 3.05) is 0 Å². The second-order valence-corrected chi connectivity index (χ2v) is 4.57. The van der Waals surface area contributed by atoms with Crippen LogP contribution in [0.5, 0.6) is 0 Å². The molecule has 2 rings (SSSR count). The van der Waals surface area contributed by atoms with Crippen molar-refractivity contribution in [3.8, 4) is 0 Å². The fourth-order valence-electron chi connectivity index (χ4n) is 1.64. The van der Waals surface area contributed by atoms with Gasteiger partial charge in [0.1, 0.15) is 5.69 Å². The van der Waals surface area contributed by atoms with Gasteiger partial charge in [0.2, 0.25) is 0 Å². The number of nitrogens with zero attached hydrogens (tertiary/aromatic N) is 2. The van der Waals surface area contributed by atoms with Crippen LogP contribution < -0.4 is 5.32 Å². The number of hydrogen-bond acceptors (Lipinski definition) is 3. The number of H-pyrrole nitrogens is 2. The Morgan fingerprint density at radius 1 is 1.09 bits per heavy atom. The van der Waals surface area contributed by atoms with E-state index in [9.17, 15) is 31.1 Å². The van der Waals surface area contributed by atoms with E-state index in [4.69, 9.17) is 0 Å². The van der Waals surface area contributed by atoms with Crippen molar-refractivity contribution in [3.05, 3.63) is 34.9 Å². The van der Waals surface area contributed by atoms with Gasteiger partial charge in [-0.3, -0.25) is 15.0 Å². The Labute approximate surface area is 124 Å². The van der Waals surface area contributed by atoms with Crippen molar-refractivity contribution < 1.29 is 31.1 Å². The second kappa shape index (κ2) is 5.59. The summed E-state index contributed by atoms with van der Waals surface area (Å²) in [6.45, 7) is 1.34. The average molecular weight is 341 g/mol. The van der Waals surface area contributed by atoms with Crippen molar-refractivity contribution in [2.45, 2.75) is 25.3 Å². The molecule has 3 N–H and O–H groups in total. The Hall–Kier alpha value is -2.53. The van der Waals surface area contributed by atoms with E-state index in [1.165, 1.54) is 6.92 Å². The van der Waals surface area contributed by atoms with Crippen LogP contribution in [0.2, 0.25) is 0 Å². The first kappa shape index (κ1) is 16.8. The molecule has 2 aromatic rings. The highest BCUT2D eigenvalue weighted by Crippen LogP contribution is 2.29. The van der Waals surface area contributed by atoms with E-state index in [-0.39, 0.29) is 5.69 Å². The summed E-state index contributed by atoms with van der Waals surface area (Å²) in [4.78, 5) is 11.8. The number of rotatable bonds is 3. The molecule has 0 aliphatic rings. The Morgan fingerprint density at radius 3 is 2.22 bits per heavy atom. The number of aromatic amines is 2. The molecule has 23 heavy (non-hydrogen) atoms. The molecule has 0 aromatic carbocycles. The molecule has 0 saturated heterocycles. The van der Waals surface area contributed by atoms with E-state index in [0.717, 1.165) is 0 Å². The van der Waals surface area contributed by atoms with Gasteiger partial charge in [0.25, 0.3) is 5.91 Å². The number of carbonyl (C=O) groups is 1. The minimum atomic E-state index is -4.69. The van der Waals surface area contributed by atoms with E-state index >= 15 is 0 Å². The minimum absolute atomic E-state index is 0.0581. The van der Waals surface area contributed by atoms with Crippen molar-refractivity contribution >= 4 is 5.91 Å². The maximum absolute atomic E-state index is 12.4. The monoisotopic (exact) mass is 341 g/mol. The van der Waals surface area contributed by atoms with Crippen LogP contribution in [0.3, 0.4) is 0 Å². The molecule has 126 valence electrons. The lowest BCUT2D eigenvalue weighted by atomic mass is 10.2. The van der Waals surface area contributed by atoms with Crippen LogP contribution in [0.25, 0.3) is 0 Å². The quantitative estimate of drug-likeness (QED) is 0.750. The van der Waals surface area contributed by atoms with Crippen LogP contribution in [-0.4, -0.2) is 26.3 Å². The van der Waals surface area contributed by atoms with E-state index < -0.39 is 41.4 Å². The van der Waals surface area contributed by atoms with Gasteiger partial charge in [-0.25, -0.2) is 0 Å². The Morgan fingerprint density at radius 2 is 1.74 bits per heavy atom. The fourth-order valence-corrected chi connectivity index (χ4v) is 1.64. The van der Waals surface area contributed by atoms with Crippen LogP contribution in [0.15, 0.2) is 12.1 Å². The maximum Gasteiger partial charge on any atom is 0.435 e. The van der Waals surface area contributed by atoms with Gasteiger partial charge in [0, 0.05) is 6.07 Å². The fraction of sp³-hybridized carbons (Fsp3) is 0.364. The van der Waals surface area contributed by atoms with Crippen molar-refractivity contribution in [3.63, 3.8) is 0 Å². The molecule has 6 nitrogen and oxygen atoms in total. The summed E-state index contributed by atoms with van der Waals surface area (Å²) in [6, 6.07) is 0.240. The van der Waals surface area contributed by atoms with Crippen molar-refractivity contribution in [1.29, 1.82) is 0 Å². The van der Waals surface area contributed by atoms with Crippen molar-refractivity contribution in [1.82, 2.24) is 25.7 Å². The molecule has 0 radical (unpaired) electrons. The summed E-state index contributed by atoms with van der Waals surface area (Å²) in [5.74, 6) is -0.979. The van der Waals surface area contributed by atoms with Crippen LogP contribution in [0.4, 0.5) is 26.3 Å². The van der Waals surface area contributed by atoms with Gasteiger partial charge >= 0.3 is 12.4 Å². The smallest absolute Gasteiger partial charge is 0.343 e. The average Bonchev–Trinajstić information content (AvgIpc) is 3.07. The number of halogens is 6. The number of alkyl halides is 6. The van der Waals surface area contributed by atoms with Gasteiger partial charge in [-0.05, 0) is 13.0 Å². The topological polar surface area (TPSA) is 86.5 Å². The van der Waals surface area contributed by atoms with Gasteiger partial charge in [0.15, 0.2) is 11.4 Å². The maximum atomic E-state index is 12.4. The molecule has 1 atom stereocenters. The van der Waals surface area contributed by atoms with Crippen LogP contribution in [0.1, 0.15) is 40.5 Å². The number of carbonyl (C=O) groups excluding carboxylic acids is 1. The molecule has 2 aromatic heterocycles. The first-order valence-corrected chi connectivity index (χ1v) is 6.04. The predicted octanol–water partition coefficient (Wildman–Crippen LogP) is 2.66. The zero-order valence-electron chi connectivity index (χ0n) is 11.3. The highest BCUT2D eigenvalue weighted by Gasteiger charge is 2.35. The van der Waals surface area contributed by atoms with E-state index in [0.29, 0.717) is 12.1 Å². The van der Waals surface area contributed by atoms with Gasteiger partial charge in [-0.15, -0.1) is 0 Å². The summed E-state index contributed by atoms with van der Waals surface area (Å²) in [6.07, 6.45) is -9.34. The lowest BCUT2D eigenvalue weighted by molar-refractivity contribution is -0.142. The third-order valence-electron chi connectivity index (χ3n) is 2.82. The highest BCUT2D eigenvalue weighted by atomic mass is 19.4. The van der Waals surface area contributed by atoms with Crippen LogP contribution in [0, 0.1) is 0 Å². The molecule has 0 spiro atoms. The molecule has 0 saturated carbocycles. The van der Waals surface area contributed by atoms with Crippen molar-refractivity contribution in [2.24, 2.45) is 0 Å². The minimum Gasteiger partial charge on any atom is -0.343 e. The van der Waals surface area contributed by atoms with E-state index in [1.54, 1.807) is 5.10 Å². The molecule has 2 heterocycles. The summed E-state index contributed by atoms with van der Waals surface area (Å²) in [7, 11) is 0. The molecule has 12 heteroatoms. The first-order valence-electron chi connectivity index (χ1n) is 6.04. The van der Waals surface area contributed by atoms with Gasteiger partial charge in [-0.1, -0.05) is 0 Å². The summed E-state index contributed by atoms with van der Waals surface area (Å²) in [5.41, 5.74) is -2.99. The summed E-state index contributed by atoms with van der Waals surface area (Å²) >= 11 is 0. The number of amides is 1. The Balaban J connectivity index is 2.08. The zero-order chi connectivity index (χ0) is 17.4. The van der Waals surface area contributed by atoms with Crippen LogP contribution in [-0.2, 0) is 12.4 Å². The zero-order valence-corrected chi connectivity index (χ0v) is 11.3. The normalized spacial score (nSPS) is 13.9. The number of hydrogen-bond donors (Lipinski definition) is 3. The number of aromatic nitrogens is 4. The van der Waals surface area contributed by atoms with Gasteiger partial charge in [-0.2, -0.15) is 36.5 Å². The van der Waals surface area contributed by atoms with Crippen LogP contribution >= 0.6 is 0 Å². The summed E-state index contributed by atoms with van der Waals surface area (Å²) in [5, 5.41) is 12.2. The predicted molar refractivity (Wildman–Crippen MR) is 63.1 cm³/mol. The Kier molecular flexibility index (Phi) is 4.09. The molecule has 1 unspecified atom stereocenters. The molecule has 0 aliphatic carbocycles. The van der Waals surface area contributed by atoms with E-state index in [1.807, 2.05) is 0 Å². The molecule has 1 amide bonds. The lowest BCUT2D eigenvalue weighted by Crippen LogP contribution is -2.27. The SMILES string of the molecule is CC(NC(=O)c1cc(C(F)(F)F)[nH]n1)c1cc(C(F)(F)F)n[nH]1. The summed E-state index contributed by atoms with van der Waals surface area (Å²) < 4.78 is 74.4. The van der Waals surface area contributed by atoms with Gasteiger partial charge < -0.3 is 5.32 Å². The lowest BCUT2D eigenvalue weighted by Gasteiger charge is -2.10. The molecule has 0 aliphatic heterocycles. The molecular weight excluding hydrogens is 332 g/mol. The molecular formula is C11H9F6N5O. The second-order valence-electron chi connectivity index (χ2n) is 4.57. The standard InChI is InChI=1S/C11H9F6N5O/c1-4(5-2-7(21-19-5)10(12,13)14)18-9(23)6-3-8(22-20-6)11(15,16)17/h2-4H,1H3,(H,18,23)(H,19,21)(H,20,22). The third-order valence-corrected chi connectivity index (χ3v) is 2.82. The molecule has 0 bridgehead atoms. The highest BCUT2D eigenvalue weighted by molar-refractivity contribution is 5.92. The largest absolute Gasteiger partial charge is 0.435 e. The Bertz CT molecular complexity index is 700. The molecule has 0 fully saturated rings. The first-order chi connectivity index (χ1) is 10.5.